The minimum Gasteiger partial charge on any atom is -0.0775 e. The van der Waals surface area contributed by atoms with Gasteiger partial charge in [0.05, 0.1) is 8.07 Å². The normalized spacial score (nSPS) is 16.5. The van der Waals surface area contributed by atoms with Crippen LogP contribution in [-0.4, -0.2) is 26.9 Å². The second kappa shape index (κ2) is 3.62. The maximum atomic E-state index is 2.36. The Morgan fingerprint density at radius 1 is 1.20 bits per heavy atom. The van der Waals surface area contributed by atoms with Gasteiger partial charge in [0.1, 0.15) is 0 Å². The Balaban J connectivity index is 0.000000810. The fraction of sp³-hybridized carbons (Fsp3) is 0.375. The molecule has 50 valence electrons. The van der Waals surface area contributed by atoms with E-state index in [2.05, 4.69) is 44.3 Å². The molecule has 0 bridgehead atoms. The van der Waals surface area contributed by atoms with Gasteiger partial charge in [0.25, 0.3) is 0 Å². The molecule has 0 saturated carbocycles. The molecule has 0 nitrogen and oxygen atoms in total. The van der Waals surface area contributed by atoms with E-state index >= 15 is 0 Å². The van der Waals surface area contributed by atoms with Crippen molar-refractivity contribution in [3.63, 3.8) is 0 Å². The van der Waals surface area contributed by atoms with E-state index in [4.69, 9.17) is 0 Å². The standard InChI is InChI=1S/C8H13Si.Li/c1-9(2,3)8-6-4-5-7-8;/h4-7H,1-3H3;. The Kier molecular flexibility index (Phi) is 3.72. The van der Waals surface area contributed by atoms with Crippen molar-refractivity contribution < 1.29 is 0 Å². The summed E-state index contributed by atoms with van der Waals surface area (Å²) in [6.07, 6.45) is 8.69. The Labute approximate surface area is 76.6 Å². The van der Waals surface area contributed by atoms with E-state index in [0.29, 0.717) is 0 Å². The summed E-state index contributed by atoms with van der Waals surface area (Å²) in [5.41, 5.74) is 0. The third-order valence-corrected chi connectivity index (χ3v) is 3.59. The molecule has 0 N–H and O–H groups in total. The van der Waals surface area contributed by atoms with Crippen LogP contribution in [0, 0.1) is 6.42 Å². The Morgan fingerprint density at radius 2 is 1.80 bits per heavy atom. The van der Waals surface area contributed by atoms with Crippen LogP contribution in [0.15, 0.2) is 23.4 Å². The van der Waals surface area contributed by atoms with E-state index in [1.165, 1.54) is 0 Å². The van der Waals surface area contributed by atoms with E-state index in [0.717, 1.165) is 0 Å². The Morgan fingerprint density at radius 3 is 2.00 bits per heavy atom. The molecule has 0 aromatic carbocycles. The summed E-state index contributed by atoms with van der Waals surface area (Å²) >= 11 is 0. The van der Waals surface area contributed by atoms with Crippen LogP contribution in [0.1, 0.15) is 0 Å². The van der Waals surface area contributed by atoms with Crippen molar-refractivity contribution in [3.05, 3.63) is 29.8 Å². The molecule has 0 heterocycles. The minimum absolute atomic E-state index is 0. The average Bonchev–Trinajstić information content (AvgIpc) is 2.08. The average molecular weight is 144 g/mol. The zero-order valence-corrected chi connectivity index (χ0v) is 8.31. The van der Waals surface area contributed by atoms with Gasteiger partial charge in [0.15, 0.2) is 0 Å². The predicted molar refractivity (Wildman–Crippen MR) is 50.6 cm³/mol. The van der Waals surface area contributed by atoms with Gasteiger partial charge >= 0.3 is 0 Å². The summed E-state index contributed by atoms with van der Waals surface area (Å²) in [5.74, 6) is 0. The first-order valence-electron chi connectivity index (χ1n) is 3.33. The molecule has 10 heavy (non-hydrogen) atoms. The van der Waals surface area contributed by atoms with E-state index in [-0.39, 0.29) is 18.9 Å². The first-order valence-corrected chi connectivity index (χ1v) is 6.83. The van der Waals surface area contributed by atoms with Crippen LogP contribution in [0.25, 0.3) is 0 Å². The smallest absolute Gasteiger partial charge is 0.0771 e. The number of rotatable bonds is 1. The molecule has 0 unspecified atom stereocenters. The van der Waals surface area contributed by atoms with Crippen LogP contribution >= 0.6 is 0 Å². The van der Waals surface area contributed by atoms with E-state index < -0.39 is 8.07 Å². The van der Waals surface area contributed by atoms with E-state index in [1.54, 1.807) is 5.20 Å². The molecule has 2 radical (unpaired) electrons. The largest absolute Gasteiger partial charge is 0.0775 e. The minimum atomic E-state index is -0.981. The summed E-state index contributed by atoms with van der Waals surface area (Å²) in [4.78, 5) is 0. The van der Waals surface area contributed by atoms with Crippen molar-refractivity contribution in [2.45, 2.75) is 19.6 Å². The molecule has 0 fully saturated rings. The van der Waals surface area contributed by atoms with Gasteiger partial charge in [-0.2, -0.15) is 0 Å². The molecule has 0 aromatic rings. The molecule has 0 spiro atoms. The van der Waals surface area contributed by atoms with Crippen LogP contribution in [0.4, 0.5) is 0 Å². The summed E-state index contributed by atoms with van der Waals surface area (Å²) in [6.45, 7) is 7.09. The predicted octanol–water partition coefficient (Wildman–Crippen LogP) is 2.18. The van der Waals surface area contributed by atoms with Gasteiger partial charge in [-0.05, 0) is 0 Å². The molecule has 2 heteroatoms. The fourth-order valence-electron chi connectivity index (χ4n) is 0.874. The van der Waals surface area contributed by atoms with Gasteiger partial charge in [-0.25, -0.2) is 0 Å². The summed E-state index contributed by atoms with van der Waals surface area (Å²) in [6, 6.07) is 0. The van der Waals surface area contributed by atoms with E-state index in [9.17, 15) is 0 Å². The molecular weight excluding hydrogens is 131 g/mol. The Bertz CT molecular complexity index is 163. The topological polar surface area (TPSA) is 0 Å². The number of hydrogen-bond donors (Lipinski definition) is 0. The summed E-state index contributed by atoms with van der Waals surface area (Å²) in [7, 11) is -0.981. The van der Waals surface area contributed by atoms with Gasteiger partial charge in [0, 0.05) is 25.3 Å². The molecule has 0 saturated heterocycles. The third kappa shape index (κ3) is 2.50. The van der Waals surface area contributed by atoms with Gasteiger partial charge in [-0.15, -0.1) is 0 Å². The number of allylic oxidation sites excluding steroid dienone is 4. The molecule has 0 amide bonds. The zero-order chi connectivity index (χ0) is 6.91. The van der Waals surface area contributed by atoms with Crippen molar-refractivity contribution in [3.8, 4) is 0 Å². The first kappa shape index (κ1) is 10.3. The van der Waals surface area contributed by atoms with Crippen LogP contribution in [0.5, 0.6) is 0 Å². The van der Waals surface area contributed by atoms with E-state index in [1.807, 2.05) is 0 Å². The van der Waals surface area contributed by atoms with Gasteiger partial charge in [-0.3, -0.25) is 0 Å². The summed E-state index contributed by atoms with van der Waals surface area (Å²) in [5, 5.41) is 1.56. The number of hydrogen-bond acceptors (Lipinski definition) is 0. The second-order valence-electron chi connectivity index (χ2n) is 3.42. The van der Waals surface area contributed by atoms with Gasteiger partial charge in [0.2, 0.25) is 0 Å². The monoisotopic (exact) mass is 144 g/mol. The summed E-state index contributed by atoms with van der Waals surface area (Å²) < 4.78 is 0. The van der Waals surface area contributed by atoms with Crippen LogP contribution in [-0.2, 0) is 0 Å². The van der Waals surface area contributed by atoms with Crippen LogP contribution in [0.2, 0.25) is 19.6 Å². The molecule has 1 rings (SSSR count). The molecule has 1 aliphatic carbocycles. The Hall–Kier alpha value is 0.294. The first-order chi connectivity index (χ1) is 4.11. The van der Waals surface area contributed by atoms with Crippen molar-refractivity contribution >= 4 is 26.9 Å². The van der Waals surface area contributed by atoms with Gasteiger partial charge < -0.3 is 0 Å². The molecule has 1 aliphatic rings. The molecule has 0 aromatic heterocycles. The van der Waals surface area contributed by atoms with Crippen LogP contribution < -0.4 is 0 Å². The maximum absolute atomic E-state index is 2.36. The maximum Gasteiger partial charge on any atom is 0.0771 e. The van der Waals surface area contributed by atoms with Crippen molar-refractivity contribution in [2.24, 2.45) is 0 Å². The zero-order valence-electron chi connectivity index (χ0n) is 7.31. The molecule has 0 atom stereocenters. The molecular formula is C8H13LiSi. The third-order valence-electron chi connectivity index (χ3n) is 1.53. The second-order valence-corrected chi connectivity index (χ2v) is 8.50. The van der Waals surface area contributed by atoms with Crippen molar-refractivity contribution in [1.29, 1.82) is 0 Å². The SMILES string of the molecule is C[Si](C)(C)C1=C[CH]C=C1.[Li]. The van der Waals surface area contributed by atoms with Gasteiger partial charge in [-0.1, -0.05) is 43.1 Å². The van der Waals surface area contributed by atoms with Crippen molar-refractivity contribution in [1.82, 2.24) is 0 Å². The fourth-order valence-corrected chi connectivity index (χ4v) is 2.07. The quantitative estimate of drug-likeness (QED) is 0.495. The van der Waals surface area contributed by atoms with Crippen LogP contribution in [0.3, 0.4) is 0 Å². The van der Waals surface area contributed by atoms with Crippen molar-refractivity contribution in [2.75, 3.05) is 0 Å². The molecule has 0 aliphatic heterocycles.